The molecular formula is C10H8BrF5O. The molecule has 0 aliphatic rings. The van der Waals surface area contributed by atoms with Crippen LogP contribution in [0.2, 0.25) is 0 Å². The first-order valence-corrected chi connectivity index (χ1v) is 5.39. The number of aliphatic hydroxyl groups excluding tert-OH is 1. The molecule has 0 radical (unpaired) electrons. The molecule has 0 saturated heterocycles. The van der Waals surface area contributed by atoms with E-state index in [1.165, 1.54) is 0 Å². The first-order chi connectivity index (χ1) is 7.70. The van der Waals surface area contributed by atoms with E-state index in [0.717, 1.165) is 12.1 Å². The predicted molar refractivity (Wildman–Crippen MR) is 54.3 cm³/mol. The Hall–Kier alpha value is -0.690. The molecule has 0 aromatic heterocycles. The lowest BCUT2D eigenvalue weighted by Crippen LogP contribution is -2.12. The van der Waals surface area contributed by atoms with Crippen LogP contribution in [0.15, 0.2) is 16.6 Å². The van der Waals surface area contributed by atoms with Gasteiger partial charge in [-0.25, -0.2) is 8.78 Å². The Morgan fingerprint density at radius 3 is 2.06 bits per heavy atom. The highest BCUT2D eigenvalue weighted by Crippen LogP contribution is 2.31. The van der Waals surface area contributed by atoms with E-state index in [2.05, 4.69) is 15.9 Å². The molecule has 0 saturated carbocycles. The third-order valence-corrected chi connectivity index (χ3v) is 2.54. The zero-order valence-corrected chi connectivity index (χ0v) is 9.95. The third-order valence-electron chi connectivity index (χ3n) is 2.08. The molecule has 1 aromatic carbocycles. The van der Waals surface area contributed by atoms with Crippen molar-refractivity contribution in [3.05, 3.63) is 33.8 Å². The summed E-state index contributed by atoms with van der Waals surface area (Å²) < 4.78 is 62.3. The van der Waals surface area contributed by atoms with Crippen LogP contribution in [0.1, 0.15) is 24.5 Å². The summed E-state index contributed by atoms with van der Waals surface area (Å²) in [4.78, 5) is 0. The first-order valence-electron chi connectivity index (χ1n) is 4.60. The second-order valence-corrected chi connectivity index (χ2v) is 4.37. The highest BCUT2D eigenvalue weighted by molar-refractivity contribution is 9.10. The number of hydrogen-bond donors (Lipinski definition) is 1. The van der Waals surface area contributed by atoms with Crippen LogP contribution in [0.25, 0.3) is 0 Å². The second kappa shape index (κ2) is 5.30. The molecule has 1 rings (SSSR count). The number of alkyl halides is 3. The maximum Gasteiger partial charge on any atom is 0.389 e. The number of halogens is 6. The molecule has 1 aromatic rings. The Balaban J connectivity index is 2.86. The molecule has 0 spiro atoms. The maximum absolute atomic E-state index is 13.3. The standard InChI is InChI=1S/C10H8BrF5O/c11-5-3-6(12)9(7(13)4-5)8(17)1-2-10(14,15)16/h3-4,8,17H,1-2H2. The molecule has 0 heterocycles. The Kier molecular flexibility index (Phi) is 4.48. The van der Waals surface area contributed by atoms with Gasteiger partial charge in [0.15, 0.2) is 0 Å². The molecule has 1 N–H and O–H groups in total. The fourth-order valence-corrected chi connectivity index (χ4v) is 1.72. The summed E-state index contributed by atoms with van der Waals surface area (Å²) in [5.74, 6) is -2.15. The minimum atomic E-state index is -4.47. The lowest BCUT2D eigenvalue weighted by Gasteiger charge is -2.14. The van der Waals surface area contributed by atoms with Gasteiger partial charge in [0, 0.05) is 10.9 Å². The van der Waals surface area contributed by atoms with Crippen molar-refractivity contribution in [2.45, 2.75) is 25.1 Å². The van der Waals surface area contributed by atoms with Crippen molar-refractivity contribution in [3.8, 4) is 0 Å². The lowest BCUT2D eigenvalue weighted by atomic mass is 10.0. The van der Waals surface area contributed by atoms with Crippen LogP contribution >= 0.6 is 15.9 Å². The van der Waals surface area contributed by atoms with Crippen LogP contribution in [-0.4, -0.2) is 11.3 Å². The van der Waals surface area contributed by atoms with Gasteiger partial charge >= 0.3 is 6.18 Å². The van der Waals surface area contributed by atoms with E-state index < -0.39 is 42.3 Å². The van der Waals surface area contributed by atoms with Gasteiger partial charge in [-0.05, 0) is 18.6 Å². The van der Waals surface area contributed by atoms with Crippen LogP contribution in [0.4, 0.5) is 22.0 Å². The summed E-state index contributed by atoms with van der Waals surface area (Å²) in [5.41, 5.74) is -0.738. The first kappa shape index (κ1) is 14.4. The molecule has 0 aliphatic heterocycles. The molecule has 0 amide bonds. The van der Waals surface area contributed by atoms with Gasteiger partial charge in [0.25, 0.3) is 0 Å². The van der Waals surface area contributed by atoms with Crippen molar-refractivity contribution in [1.29, 1.82) is 0 Å². The molecule has 96 valence electrons. The Labute approximate surface area is 102 Å². The van der Waals surface area contributed by atoms with Gasteiger partial charge in [0.05, 0.1) is 11.7 Å². The van der Waals surface area contributed by atoms with Crippen LogP contribution in [0.3, 0.4) is 0 Å². The summed E-state index contributed by atoms with van der Waals surface area (Å²) >= 11 is 2.83. The van der Waals surface area contributed by atoms with Gasteiger partial charge in [0.2, 0.25) is 0 Å². The van der Waals surface area contributed by atoms with Gasteiger partial charge in [-0.15, -0.1) is 0 Å². The third kappa shape index (κ3) is 4.23. The average molecular weight is 319 g/mol. The minimum absolute atomic E-state index is 0.110. The summed E-state index contributed by atoms with van der Waals surface area (Å²) in [6.07, 6.45) is -8.37. The highest BCUT2D eigenvalue weighted by atomic mass is 79.9. The van der Waals surface area contributed by atoms with Crippen LogP contribution in [0, 0.1) is 11.6 Å². The van der Waals surface area contributed by atoms with Gasteiger partial charge < -0.3 is 5.11 Å². The molecule has 1 atom stereocenters. The second-order valence-electron chi connectivity index (χ2n) is 3.45. The Bertz CT molecular complexity index is 381. The lowest BCUT2D eigenvalue weighted by molar-refractivity contribution is -0.140. The average Bonchev–Trinajstić information content (AvgIpc) is 2.11. The van der Waals surface area contributed by atoms with Crippen LogP contribution in [0.5, 0.6) is 0 Å². The minimum Gasteiger partial charge on any atom is -0.388 e. The van der Waals surface area contributed by atoms with E-state index in [1.807, 2.05) is 0 Å². The number of aliphatic hydroxyl groups is 1. The monoisotopic (exact) mass is 318 g/mol. The molecule has 0 fully saturated rings. The number of hydrogen-bond acceptors (Lipinski definition) is 1. The quantitative estimate of drug-likeness (QED) is 0.832. The Morgan fingerprint density at radius 2 is 1.65 bits per heavy atom. The predicted octanol–water partition coefficient (Wildman–Crippen LogP) is 4.10. The highest BCUT2D eigenvalue weighted by Gasteiger charge is 2.29. The smallest absolute Gasteiger partial charge is 0.388 e. The molecule has 1 nitrogen and oxygen atoms in total. The van der Waals surface area contributed by atoms with Gasteiger partial charge in [0.1, 0.15) is 11.6 Å². The van der Waals surface area contributed by atoms with Gasteiger partial charge in [-0.2, -0.15) is 13.2 Å². The molecule has 0 aliphatic carbocycles. The fraction of sp³-hybridized carbons (Fsp3) is 0.400. The maximum atomic E-state index is 13.3. The normalized spacial score (nSPS) is 13.8. The Morgan fingerprint density at radius 1 is 1.18 bits per heavy atom. The summed E-state index contributed by atoms with van der Waals surface area (Å²) in [5, 5.41) is 9.34. The van der Waals surface area contributed by atoms with E-state index >= 15 is 0 Å². The number of benzene rings is 1. The van der Waals surface area contributed by atoms with E-state index in [0.29, 0.717) is 0 Å². The van der Waals surface area contributed by atoms with Crippen LogP contribution in [-0.2, 0) is 0 Å². The van der Waals surface area contributed by atoms with Gasteiger partial charge in [-0.1, -0.05) is 15.9 Å². The van der Waals surface area contributed by atoms with Gasteiger partial charge in [-0.3, -0.25) is 0 Å². The van der Waals surface area contributed by atoms with E-state index in [1.54, 1.807) is 0 Å². The number of rotatable bonds is 3. The van der Waals surface area contributed by atoms with Crippen molar-refractivity contribution in [2.75, 3.05) is 0 Å². The summed E-state index contributed by atoms with van der Waals surface area (Å²) in [6, 6.07) is 1.77. The summed E-state index contributed by atoms with van der Waals surface area (Å²) in [7, 11) is 0. The van der Waals surface area contributed by atoms with Crippen molar-refractivity contribution in [1.82, 2.24) is 0 Å². The topological polar surface area (TPSA) is 20.2 Å². The molecule has 0 bridgehead atoms. The molecular weight excluding hydrogens is 311 g/mol. The van der Waals surface area contributed by atoms with Crippen molar-refractivity contribution >= 4 is 15.9 Å². The van der Waals surface area contributed by atoms with Crippen LogP contribution < -0.4 is 0 Å². The molecule has 17 heavy (non-hydrogen) atoms. The van der Waals surface area contributed by atoms with E-state index in [4.69, 9.17) is 0 Å². The van der Waals surface area contributed by atoms with Crippen molar-refractivity contribution in [3.63, 3.8) is 0 Å². The fourth-order valence-electron chi connectivity index (χ4n) is 1.32. The zero-order valence-electron chi connectivity index (χ0n) is 8.36. The van der Waals surface area contributed by atoms with E-state index in [9.17, 15) is 27.1 Å². The molecule has 7 heteroatoms. The SMILES string of the molecule is OC(CCC(F)(F)F)c1c(F)cc(Br)cc1F. The van der Waals surface area contributed by atoms with E-state index in [-0.39, 0.29) is 4.47 Å². The molecule has 1 unspecified atom stereocenters. The van der Waals surface area contributed by atoms with Crippen molar-refractivity contribution < 1.29 is 27.1 Å². The largest absolute Gasteiger partial charge is 0.389 e. The van der Waals surface area contributed by atoms with Crippen molar-refractivity contribution in [2.24, 2.45) is 0 Å². The summed E-state index contributed by atoms with van der Waals surface area (Å²) in [6.45, 7) is 0. The zero-order chi connectivity index (χ0) is 13.2.